The molecular weight excluding hydrogens is 299 g/mol. The second kappa shape index (κ2) is 4.69. The third-order valence-electron chi connectivity index (χ3n) is 2.96. The Balaban J connectivity index is 2.58. The smallest absolute Gasteiger partial charge is 0.199 e. The van der Waals surface area contributed by atoms with Gasteiger partial charge in [-0.2, -0.15) is 0 Å². The van der Waals surface area contributed by atoms with Gasteiger partial charge in [0.2, 0.25) is 0 Å². The Morgan fingerprint density at radius 3 is 2.44 bits per heavy atom. The zero-order valence-electron chi connectivity index (χ0n) is 10.3. The number of hydrogen-bond donors (Lipinski definition) is 0. The van der Waals surface area contributed by atoms with Crippen LogP contribution < -0.4 is 0 Å². The van der Waals surface area contributed by atoms with E-state index < -0.39 is 5.82 Å². The first-order valence-electron chi connectivity index (χ1n) is 5.48. The van der Waals surface area contributed by atoms with Gasteiger partial charge in [-0.15, -0.1) is 0 Å². The lowest BCUT2D eigenvalue weighted by atomic mass is 9.99. The summed E-state index contributed by atoms with van der Waals surface area (Å²) in [5.74, 6) is 0.335. The van der Waals surface area contributed by atoms with Crippen LogP contribution in [0.1, 0.15) is 33.0 Å². The number of carbonyl (C=O) groups excluding carboxylic acids is 1. The van der Waals surface area contributed by atoms with Crippen LogP contribution in [-0.4, -0.2) is 5.78 Å². The second-order valence-electron chi connectivity index (χ2n) is 4.17. The Morgan fingerprint density at radius 1 is 1.22 bits per heavy atom. The minimum Gasteiger partial charge on any atom is -0.466 e. The monoisotopic (exact) mass is 310 g/mol. The van der Waals surface area contributed by atoms with Gasteiger partial charge in [-0.1, -0.05) is 15.9 Å². The maximum absolute atomic E-state index is 13.7. The van der Waals surface area contributed by atoms with Crippen LogP contribution in [0.25, 0.3) is 0 Å². The van der Waals surface area contributed by atoms with E-state index in [1.54, 1.807) is 26.8 Å². The van der Waals surface area contributed by atoms with E-state index in [1.807, 2.05) is 0 Å². The van der Waals surface area contributed by atoms with E-state index in [-0.39, 0.29) is 11.3 Å². The van der Waals surface area contributed by atoms with E-state index in [4.69, 9.17) is 4.42 Å². The largest absolute Gasteiger partial charge is 0.466 e. The van der Waals surface area contributed by atoms with Crippen LogP contribution in [0, 0.1) is 26.6 Å². The van der Waals surface area contributed by atoms with Crippen molar-refractivity contribution in [2.45, 2.75) is 20.8 Å². The van der Waals surface area contributed by atoms with Gasteiger partial charge in [-0.25, -0.2) is 4.39 Å². The van der Waals surface area contributed by atoms with Crippen molar-refractivity contribution < 1.29 is 13.6 Å². The lowest BCUT2D eigenvalue weighted by Gasteiger charge is -2.03. The predicted octanol–water partition coefficient (Wildman–Crippen LogP) is 4.34. The van der Waals surface area contributed by atoms with Gasteiger partial charge < -0.3 is 4.42 Å². The molecule has 0 atom stereocenters. The highest BCUT2D eigenvalue weighted by Crippen LogP contribution is 2.26. The molecule has 0 aliphatic rings. The van der Waals surface area contributed by atoms with E-state index >= 15 is 0 Å². The van der Waals surface area contributed by atoms with Crippen molar-refractivity contribution >= 4 is 21.7 Å². The van der Waals surface area contributed by atoms with Crippen molar-refractivity contribution in [2.24, 2.45) is 0 Å². The average molecular weight is 311 g/mol. The van der Waals surface area contributed by atoms with Crippen LogP contribution in [0.2, 0.25) is 0 Å². The zero-order valence-corrected chi connectivity index (χ0v) is 11.9. The summed E-state index contributed by atoms with van der Waals surface area (Å²) in [4.78, 5) is 12.4. The zero-order chi connectivity index (χ0) is 13.4. The van der Waals surface area contributed by atoms with Crippen molar-refractivity contribution in [3.63, 3.8) is 0 Å². The summed E-state index contributed by atoms with van der Waals surface area (Å²) in [6.07, 6.45) is 0. The number of carbonyl (C=O) groups is 1. The van der Waals surface area contributed by atoms with Gasteiger partial charge in [0.25, 0.3) is 0 Å². The summed E-state index contributed by atoms with van der Waals surface area (Å²) in [6, 6.07) is 4.32. The minimum atomic E-state index is -0.527. The summed E-state index contributed by atoms with van der Waals surface area (Å²) in [5.41, 5.74) is 1.26. The third kappa shape index (κ3) is 2.12. The third-order valence-corrected chi connectivity index (χ3v) is 3.45. The Hall–Kier alpha value is -1.42. The molecule has 1 heterocycles. The van der Waals surface area contributed by atoms with Gasteiger partial charge in [0.05, 0.1) is 11.1 Å². The number of hydrogen-bond acceptors (Lipinski definition) is 2. The molecule has 0 bridgehead atoms. The Labute approximate surface area is 113 Å². The Kier molecular flexibility index (Phi) is 3.39. The fourth-order valence-electron chi connectivity index (χ4n) is 1.93. The minimum absolute atomic E-state index is 0.0522. The highest BCUT2D eigenvalue weighted by molar-refractivity contribution is 9.10. The lowest BCUT2D eigenvalue weighted by molar-refractivity contribution is 0.103. The molecule has 0 unspecified atom stereocenters. The van der Waals surface area contributed by atoms with Crippen molar-refractivity contribution in [3.05, 3.63) is 56.7 Å². The van der Waals surface area contributed by atoms with Gasteiger partial charge in [0, 0.05) is 10.0 Å². The van der Waals surface area contributed by atoms with E-state index in [0.717, 1.165) is 5.56 Å². The molecule has 0 radical (unpaired) electrons. The summed E-state index contributed by atoms with van der Waals surface area (Å²) < 4.78 is 19.8. The molecule has 0 spiro atoms. The Bertz CT molecular complexity index is 629. The molecular formula is C14H12BrFO2. The molecule has 0 saturated heterocycles. The van der Waals surface area contributed by atoms with E-state index in [2.05, 4.69) is 15.9 Å². The molecule has 0 aliphatic carbocycles. The molecule has 2 aromatic rings. The molecule has 94 valence electrons. The molecule has 4 heteroatoms. The van der Waals surface area contributed by atoms with Gasteiger partial charge >= 0.3 is 0 Å². The Morgan fingerprint density at radius 2 is 1.89 bits per heavy atom. The molecule has 0 amide bonds. The summed E-state index contributed by atoms with van der Waals surface area (Å²) >= 11 is 3.24. The van der Waals surface area contributed by atoms with E-state index in [1.165, 1.54) is 12.1 Å². The number of ketones is 1. The highest BCUT2D eigenvalue weighted by Gasteiger charge is 2.22. The fraction of sp³-hybridized carbons (Fsp3) is 0.214. The lowest BCUT2D eigenvalue weighted by Crippen LogP contribution is -2.06. The molecule has 0 aliphatic heterocycles. The quantitative estimate of drug-likeness (QED) is 0.772. The van der Waals surface area contributed by atoms with E-state index in [0.29, 0.717) is 21.6 Å². The molecule has 1 aromatic heterocycles. The van der Waals surface area contributed by atoms with Crippen LogP contribution in [0.4, 0.5) is 4.39 Å². The molecule has 18 heavy (non-hydrogen) atoms. The van der Waals surface area contributed by atoms with Crippen molar-refractivity contribution in [1.82, 2.24) is 0 Å². The maximum Gasteiger partial charge on any atom is 0.199 e. The topological polar surface area (TPSA) is 30.2 Å². The number of furan rings is 1. The number of benzene rings is 1. The summed E-state index contributed by atoms with van der Waals surface area (Å²) in [7, 11) is 0. The number of halogens is 2. The molecule has 0 saturated carbocycles. The summed E-state index contributed by atoms with van der Waals surface area (Å²) in [6.45, 7) is 5.30. The molecule has 0 fully saturated rings. The molecule has 2 nitrogen and oxygen atoms in total. The first-order valence-corrected chi connectivity index (χ1v) is 6.27. The predicted molar refractivity (Wildman–Crippen MR) is 70.5 cm³/mol. The van der Waals surface area contributed by atoms with Crippen LogP contribution >= 0.6 is 15.9 Å². The SMILES string of the molecule is Cc1oc(C)c(C(=O)c2cc(Br)ccc2F)c1C. The standard InChI is InChI=1S/C14H12BrFO2/c1-7-8(2)18-9(3)13(7)14(17)11-6-10(15)4-5-12(11)16/h4-6H,1-3H3. The fourth-order valence-corrected chi connectivity index (χ4v) is 2.29. The first kappa shape index (κ1) is 13.0. The van der Waals surface area contributed by atoms with Crippen molar-refractivity contribution in [1.29, 1.82) is 0 Å². The van der Waals surface area contributed by atoms with Crippen molar-refractivity contribution in [2.75, 3.05) is 0 Å². The maximum atomic E-state index is 13.7. The van der Waals surface area contributed by atoms with Gasteiger partial charge in [-0.3, -0.25) is 4.79 Å². The van der Waals surface area contributed by atoms with Gasteiger partial charge in [0.1, 0.15) is 17.3 Å². The van der Waals surface area contributed by atoms with Crippen LogP contribution in [0.3, 0.4) is 0 Å². The van der Waals surface area contributed by atoms with Gasteiger partial charge in [0.15, 0.2) is 5.78 Å². The number of aryl methyl sites for hydroxylation is 2. The number of rotatable bonds is 2. The summed E-state index contributed by atoms with van der Waals surface area (Å²) in [5, 5.41) is 0. The molecule has 2 rings (SSSR count). The van der Waals surface area contributed by atoms with Crippen LogP contribution in [0.5, 0.6) is 0 Å². The molecule has 0 N–H and O–H groups in total. The van der Waals surface area contributed by atoms with Gasteiger partial charge in [-0.05, 0) is 39.0 Å². The van der Waals surface area contributed by atoms with E-state index in [9.17, 15) is 9.18 Å². The van der Waals surface area contributed by atoms with Crippen LogP contribution in [-0.2, 0) is 0 Å². The second-order valence-corrected chi connectivity index (χ2v) is 5.08. The molecule has 1 aromatic carbocycles. The average Bonchev–Trinajstić information content (AvgIpc) is 2.56. The normalized spacial score (nSPS) is 10.7. The van der Waals surface area contributed by atoms with Crippen molar-refractivity contribution in [3.8, 4) is 0 Å². The first-order chi connectivity index (χ1) is 8.41. The van der Waals surface area contributed by atoms with Crippen LogP contribution in [0.15, 0.2) is 27.1 Å². The highest BCUT2D eigenvalue weighted by atomic mass is 79.9.